The Morgan fingerprint density at radius 2 is 1.86 bits per heavy atom. The largest absolute Gasteiger partial charge is 0.426 e. The van der Waals surface area contributed by atoms with Crippen molar-refractivity contribution in [2.24, 2.45) is 5.92 Å². The van der Waals surface area contributed by atoms with E-state index in [2.05, 4.69) is 0 Å². The standard InChI is InChI=1S/C20H19FN2O5/c1-11-6-12(2)19(13(3)7-11)28-20(25)14-8-18(24)22(10-14)15-4-5-16(21)17(9-15)23(26)27/h4-7,9,14H,8,10H2,1-3H3. The third-order valence-corrected chi connectivity index (χ3v) is 4.70. The maximum Gasteiger partial charge on any atom is 0.316 e. The second-order valence-electron chi connectivity index (χ2n) is 6.95. The highest BCUT2D eigenvalue weighted by Crippen LogP contribution is 2.31. The zero-order chi connectivity index (χ0) is 20.6. The van der Waals surface area contributed by atoms with Gasteiger partial charge in [-0.1, -0.05) is 17.7 Å². The van der Waals surface area contributed by atoms with Gasteiger partial charge < -0.3 is 9.64 Å². The summed E-state index contributed by atoms with van der Waals surface area (Å²) in [7, 11) is 0. The number of halogens is 1. The van der Waals surface area contributed by atoms with Crippen LogP contribution in [0.5, 0.6) is 5.75 Å². The summed E-state index contributed by atoms with van der Waals surface area (Å²) in [4.78, 5) is 36.2. The molecule has 0 radical (unpaired) electrons. The van der Waals surface area contributed by atoms with Crippen LogP contribution in [0.25, 0.3) is 0 Å². The number of aryl methyl sites for hydroxylation is 3. The second kappa shape index (κ2) is 7.38. The van der Waals surface area contributed by atoms with Crippen molar-refractivity contribution in [3.8, 4) is 5.75 Å². The normalized spacial score (nSPS) is 16.4. The molecule has 1 aliphatic rings. The first-order valence-electron chi connectivity index (χ1n) is 8.71. The van der Waals surface area contributed by atoms with Crippen molar-refractivity contribution in [2.45, 2.75) is 27.2 Å². The highest BCUT2D eigenvalue weighted by molar-refractivity contribution is 6.00. The van der Waals surface area contributed by atoms with Crippen molar-refractivity contribution >= 4 is 23.3 Å². The Morgan fingerprint density at radius 1 is 1.21 bits per heavy atom. The van der Waals surface area contributed by atoms with Crippen molar-refractivity contribution in [3.63, 3.8) is 0 Å². The summed E-state index contributed by atoms with van der Waals surface area (Å²) in [5.74, 6) is -2.14. The molecule has 1 aliphatic heterocycles. The van der Waals surface area contributed by atoms with Crippen LogP contribution in [0.1, 0.15) is 23.1 Å². The van der Waals surface area contributed by atoms with Crippen LogP contribution in [0.15, 0.2) is 30.3 Å². The molecule has 1 saturated heterocycles. The number of nitro groups is 1. The van der Waals surface area contributed by atoms with Gasteiger partial charge in [0, 0.05) is 19.0 Å². The molecule has 0 bridgehead atoms. The molecule has 1 unspecified atom stereocenters. The molecule has 0 spiro atoms. The van der Waals surface area contributed by atoms with E-state index in [1.807, 2.05) is 32.9 Å². The van der Waals surface area contributed by atoms with E-state index in [4.69, 9.17) is 4.74 Å². The summed E-state index contributed by atoms with van der Waals surface area (Å²) < 4.78 is 19.1. The van der Waals surface area contributed by atoms with E-state index in [0.717, 1.165) is 28.8 Å². The summed E-state index contributed by atoms with van der Waals surface area (Å²) in [6, 6.07) is 7.02. The predicted octanol–water partition coefficient (Wildman–Crippen LogP) is 3.62. The summed E-state index contributed by atoms with van der Waals surface area (Å²) in [6.07, 6.45) is -0.0754. The van der Waals surface area contributed by atoms with Gasteiger partial charge in [-0.05, 0) is 44.0 Å². The lowest BCUT2D eigenvalue weighted by molar-refractivity contribution is -0.387. The molecule has 1 heterocycles. The van der Waals surface area contributed by atoms with E-state index in [1.165, 1.54) is 11.0 Å². The van der Waals surface area contributed by atoms with Crippen LogP contribution in [-0.2, 0) is 9.59 Å². The Bertz CT molecular complexity index is 966. The number of rotatable bonds is 4. The molecule has 8 heteroatoms. The molecule has 2 aromatic carbocycles. The Labute approximate surface area is 160 Å². The number of amides is 1. The molecule has 0 saturated carbocycles. The molecule has 0 aliphatic carbocycles. The summed E-state index contributed by atoms with van der Waals surface area (Å²) in [5.41, 5.74) is 2.15. The number of benzene rings is 2. The average Bonchev–Trinajstić information content (AvgIpc) is 3.00. The number of esters is 1. The highest BCUT2D eigenvalue weighted by atomic mass is 19.1. The molecular weight excluding hydrogens is 367 g/mol. The topological polar surface area (TPSA) is 89.8 Å². The number of hydrogen-bond donors (Lipinski definition) is 0. The zero-order valence-corrected chi connectivity index (χ0v) is 15.7. The molecule has 1 amide bonds. The molecule has 2 aromatic rings. The maximum atomic E-state index is 13.5. The monoisotopic (exact) mass is 386 g/mol. The van der Waals surface area contributed by atoms with Crippen LogP contribution >= 0.6 is 0 Å². The van der Waals surface area contributed by atoms with E-state index < -0.39 is 28.3 Å². The molecule has 146 valence electrons. The maximum absolute atomic E-state index is 13.5. The zero-order valence-electron chi connectivity index (χ0n) is 15.7. The van der Waals surface area contributed by atoms with Gasteiger partial charge in [-0.2, -0.15) is 4.39 Å². The van der Waals surface area contributed by atoms with Crippen LogP contribution < -0.4 is 9.64 Å². The Morgan fingerprint density at radius 3 is 2.46 bits per heavy atom. The lowest BCUT2D eigenvalue weighted by Gasteiger charge is -2.17. The van der Waals surface area contributed by atoms with Gasteiger partial charge in [-0.3, -0.25) is 19.7 Å². The lowest BCUT2D eigenvalue weighted by atomic mass is 10.1. The SMILES string of the molecule is Cc1cc(C)c(OC(=O)C2CC(=O)N(c3ccc(F)c([N+](=O)[O-])c3)C2)c(C)c1. The van der Waals surface area contributed by atoms with Gasteiger partial charge in [0.1, 0.15) is 5.75 Å². The third-order valence-electron chi connectivity index (χ3n) is 4.70. The van der Waals surface area contributed by atoms with E-state index >= 15 is 0 Å². The van der Waals surface area contributed by atoms with Gasteiger partial charge in [0.25, 0.3) is 0 Å². The van der Waals surface area contributed by atoms with Crippen molar-refractivity contribution < 1.29 is 23.6 Å². The van der Waals surface area contributed by atoms with Crippen molar-refractivity contribution in [1.29, 1.82) is 0 Å². The van der Waals surface area contributed by atoms with Gasteiger partial charge in [-0.15, -0.1) is 0 Å². The van der Waals surface area contributed by atoms with Crippen LogP contribution in [0.2, 0.25) is 0 Å². The predicted molar refractivity (Wildman–Crippen MR) is 99.8 cm³/mol. The van der Waals surface area contributed by atoms with E-state index in [1.54, 1.807) is 0 Å². The van der Waals surface area contributed by atoms with Crippen molar-refractivity contribution in [1.82, 2.24) is 0 Å². The Hall–Kier alpha value is -3.29. The average molecular weight is 386 g/mol. The molecule has 1 fully saturated rings. The molecular formula is C20H19FN2O5. The molecule has 0 aromatic heterocycles. The van der Waals surface area contributed by atoms with Gasteiger partial charge >= 0.3 is 11.7 Å². The van der Waals surface area contributed by atoms with Crippen molar-refractivity contribution in [2.75, 3.05) is 11.4 Å². The summed E-state index contributed by atoms with van der Waals surface area (Å²) in [5, 5.41) is 10.9. The third kappa shape index (κ3) is 3.71. The summed E-state index contributed by atoms with van der Waals surface area (Å²) >= 11 is 0. The van der Waals surface area contributed by atoms with Crippen LogP contribution in [0, 0.1) is 42.6 Å². The highest BCUT2D eigenvalue weighted by Gasteiger charge is 2.37. The van der Waals surface area contributed by atoms with Crippen LogP contribution in [0.3, 0.4) is 0 Å². The first-order chi connectivity index (χ1) is 13.2. The fraction of sp³-hybridized carbons (Fsp3) is 0.300. The number of hydrogen-bond acceptors (Lipinski definition) is 5. The number of nitrogens with zero attached hydrogens (tertiary/aromatic N) is 2. The molecule has 1 atom stereocenters. The number of carbonyl (C=O) groups excluding carboxylic acids is 2. The minimum atomic E-state index is -0.985. The fourth-order valence-corrected chi connectivity index (χ4v) is 3.44. The molecule has 3 rings (SSSR count). The molecule has 0 N–H and O–H groups in total. The van der Waals surface area contributed by atoms with E-state index in [9.17, 15) is 24.1 Å². The van der Waals surface area contributed by atoms with Gasteiger partial charge in [-0.25, -0.2) is 0 Å². The first-order valence-corrected chi connectivity index (χ1v) is 8.71. The molecule has 28 heavy (non-hydrogen) atoms. The molecule has 7 nitrogen and oxygen atoms in total. The lowest BCUT2D eigenvalue weighted by Crippen LogP contribution is -2.27. The number of anilines is 1. The van der Waals surface area contributed by atoms with Gasteiger partial charge in [0.15, 0.2) is 0 Å². The van der Waals surface area contributed by atoms with Crippen LogP contribution in [-0.4, -0.2) is 23.3 Å². The van der Waals surface area contributed by atoms with E-state index in [0.29, 0.717) is 5.75 Å². The Kier molecular flexibility index (Phi) is 5.13. The quantitative estimate of drug-likeness (QED) is 0.346. The van der Waals surface area contributed by atoms with Gasteiger partial charge in [0.05, 0.1) is 16.5 Å². The fourth-order valence-electron chi connectivity index (χ4n) is 3.44. The van der Waals surface area contributed by atoms with Crippen LogP contribution in [0.4, 0.5) is 15.8 Å². The minimum absolute atomic E-state index is 0.0183. The van der Waals surface area contributed by atoms with E-state index in [-0.39, 0.29) is 24.6 Å². The summed E-state index contributed by atoms with van der Waals surface area (Å²) in [6.45, 7) is 5.64. The van der Waals surface area contributed by atoms with Crippen molar-refractivity contribution in [3.05, 3.63) is 63.0 Å². The first kappa shape index (κ1) is 19.5. The van der Waals surface area contributed by atoms with Gasteiger partial charge in [0.2, 0.25) is 11.7 Å². The minimum Gasteiger partial charge on any atom is -0.426 e. The second-order valence-corrected chi connectivity index (χ2v) is 6.95. The smallest absolute Gasteiger partial charge is 0.316 e. The number of nitro benzene ring substituents is 1. The number of carbonyl (C=O) groups is 2. The Balaban J connectivity index is 1.79. The number of ether oxygens (including phenoxy) is 1.